The van der Waals surface area contributed by atoms with Crippen LogP contribution in [-0.4, -0.2) is 59.1 Å². The maximum absolute atomic E-state index is 13.3. The molecule has 1 aromatic rings. The predicted molar refractivity (Wildman–Crippen MR) is 121 cm³/mol. The molecule has 6 nitrogen and oxygen atoms in total. The Balaban J connectivity index is 0.00000320. The summed E-state index contributed by atoms with van der Waals surface area (Å²) in [5, 5.41) is 16.5. The van der Waals surface area contributed by atoms with Crippen molar-refractivity contribution in [2.75, 3.05) is 13.1 Å². The lowest BCUT2D eigenvalue weighted by Crippen LogP contribution is -2.53. The Kier molecular flexibility index (Phi) is 7.94. The quantitative estimate of drug-likeness (QED) is 0.661. The zero-order chi connectivity index (χ0) is 21.3. The summed E-state index contributed by atoms with van der Waals surface area (Å²) in [5.74, 6) is -0.0588. The van der Waals surface area contributed by atoms with Crippen molar-refractivity contribution in [3.63, 3.8) is 0 Å². The number of aliphatic hydroxyl groups is 1. The summed E-state index contributed by atoms with van der Waals surface area (Å²) in [6.45, 7) is 11.6. The van der Waals surface area contributed by atoms with Gasteiger partial charge in [0.2, 0.25) is 5.91 Å². The standard InChI is InChI=1S/C23H35N3O3.ClH/c1-14(2)12-18(22(29)26-11-10-17-20(26)19(27)13-24-17)25-21(28)15-6-8-16(9-7-15)23(3,4)5;/h6-9,14,17-20,24,27H,10-13H2,1-5H3,(H,25,28);1H/t17-,18+,19+,20+;/m1./s1. The maximum Gasteiger partial charge on any atom is 0.251 e. The average molecular weight is 438 g/mol. The van der Waals surface area contributed by atoms with E-state index in [4.69, 9.17) is 0 Å². The highest BCUT2D eigenvalue weighted by molar-refractivity contribution is 5.97. The molecule has 0 radical (unpaired) electrons. The van der Waals surface area contributed by atoms with Gasteiger partial charge in [0.25, 0.3) is 5.91 Å². The predicted octanol–water partition coefficient (Wildman–Crippen LogP) is 2.48. The van der Waals surface area contributed by atoms with Gasteiger partial charge < -0.3 is 20.6 Å². The highest BCUT2D eigenvalue weighted by Crippen LogP contribution is 2.27. The van der Waals surface area contributed by atoms with Crippen molar-refractivity contribution in [3.8, 4) is 0 Å². The van der Waals surface area contributed by atoms with Crippen molar-refractivity contribution < 1.29 is 14.7 Å². The third-order valence-corrected chi connectivity index (χ3v) is 6.04. The van der Waals surface area contributed by atoms with Gasteiger partial charge in [-0.05, 0) is 41.9 Å². The van der Waals surface area contributed by atoms with Gasteiger partial charge in [-0.25, -0.2) is 0 Å². The number of hydrogen-bond donors (Lipinski definition) is 3. The number of halogens is 1. The first-order valence-corrected chi connectivity index (χ1v) is 10.7. The summed E-state index contributed by atoms with van der Waals surface area (Å²) in [5.41, 5.74) is 1.74. The third kappa shape index (κ3) is 5.34. The van der Waals surface area contributed by atoms with Crippen molar-refractivity contribution in [3.05, 3.63) is 35.4 Å². The van der Waals surface area contributed by atoms with E-state index >= 15 is 0 Å². The Labute approximate surface area is 186 Å². The van der Waals surface area contributed by atoms with Crippen molar-refractivity contribution in [2.24, 2.45) is 5.92 Å². The van der Waals surface area contributed by atoms with Crippen LogP contribution in [0.3, 0.4) is 0 Å². The second-order valence-electron chi connectivity index (χ2n) is 9.88. The average Bonchev–Trinajstić information content (AvgIpc) is 3.23. The van der Waals surface area contributed by atoms with E-state index in [0.29, 0.717) is 25.1 Å². The molecule has 0 spiro atoms. The van der Waals surface area contributed by atoms with Crippen molar-refractivity contribution in [1.82, 2.24) is 15.5 Å². The number of nitrogens with one attached hydrogen (secondary N) is 2. The summed E-state index contributed by atoms with van der Waals surface area (Å²) in [6.07, 6.45) is 0.860. The lowest BCUT2D eigenvalue weighted by molar-refractivity contribution is -0.136. The zero-order valence-corrected chi connectivity index (χ0v) is 19.5. The molecule has 0 aromatic heterocycles. The van der Waals surface area contributed by atoms with E-state index in [2.05, 4.69) is 31.4 Å². The Hall–Kier alpha value is -1.63. The normalized spacial score (nSPS) is 24.4. The van der Waals surface area contributed by atoms with Crippen LogP contribution in [0.25, 0.3) is 0 Å². The minimum Gasteiger partial charge on any atom is -0.390 e. The Morgan fingerprint density at radius 1 is 1.23 bits per heavy atom. The molecule has 4 atom stereocenters. The van der Waals surface area contributed by atoms with Crippen LogP contribution in [0.4, 0.5) is 0 Å². The summed E-state index contributed by atoms with van der Waals surface area (Å²) in [6, 6.07) is 6.96. The SMILES string of the molecule is CC(C)C[C@H](NC(=O)c1ccc(C(C)(C)C)cc1)C(=O)N1CC[C@H]2NC[C@H](O)[C@H]21.Cl. The molecule has 0 bridgehead atoms. The van der Waals surface area contributed by atoms with Crippen LogP contribution in [0.15, 0.2) is 24.3 Å². The number of carbonyl (C=O) groups excluding carboxylic acids is 2. The number of rotatable bonds is 5. The lowest BCUT2D eigenvalue weighted by Gasteiger charge is -2.31. The van der Waals surface area contributed by atoms with Crippen molar-refractivity contribution in [1.29, 1.82) is 0 Å². The number of nitrogens with zero attached hydrogens (tertiary/aromatic N) is 1. The molecule has 2 heterocycles. The van der Waals surface area contributed by atoms with Crippen LogP contribution < -0.4 is 10.6 Å². The molecule has 2 saturated heterocycles. The minimum absolute atomic E-state index is 0. The molecule has 3 N–H and O–H groups in total. The highest BCUT2D eigenvalue weighted by Gasteiger charge is 2.46. The Morgan fingerprint density at radius 3 is 2.43 bits per heavy atom. The minimum atomic E-state index is -0.587. The molecular formula is C23H36ClN3O3. The Bertz CT molecular complexity index is 745. The molecule has 168 valence electrons. The number of likely N-dealkylation sites (tertiary alicyclic amines) is 1. The fraction of sp³-hybridized carbons (Fsp3) is 0.652. The Morgan fingerprint density at radius 2 is 1.87 bits per heavy atom. The van der Waals surface area contributed by atoms with Gasteiger partial charge in [0.1, 0.15) is 6.04 Å². The second kappa shape index (κ2) is 9.67. The van der Waals surface area contributed by atoms with E-state index in [9.17, 15) is 14.7 Å². The zero-order valence-electron chi connectivity index (χ0n) is 18.6. The number of amides is 2. The van der Waals surface area contributed by atoms with E-state index in [1.807, 2.05) is 38.1 Å². The second-order valence-corrected chi connectivity index (χ2v) is 9.88. The molecule has 1 aromatic carbocycles. The maximum atomic E-state index is 13.3. The first-order chi connectivity index (χ1) is 13.6. The molecule has 0 aliphatic carbocycles. The number of aliphatic hydroxyl groups excluding tert-OH is 1. The summed E-state index contributed by atoms with van der Waals surface area (Å²) in [7, 11) is 0. The summed E-state index contributed by atoms with van der Waals surface area (Å²) < 4.78 is 0. The van der Waals surface area contributed by atoms with E-state index in [0.717, 1.165) is 12.0 Å². The number of benzene rings is 1. The monoisotopic (exact) mass is 437 g/mol. The van der Waals surface area contributed by atoms with Gasteiger partial charge in [0.05, 0.1) is 12.1 Å². The van der Waals surface area contributed by atoms with Crippen molar-refractivity contribution in [2.45, 2.75) is 77.1 Å². The van der Waals surface area contributed by atoms with E-state index in [1.165, 1.54) is 0 Å². The molecule has 2 fully saturated rings. The smallest absolute Gasteiger partial charge is 0.251 e. The number of hydrogen-bond acceptors (Lipinski definition) is 4. The first kappa shape index (κ1) is 24.6. The molecule has 30 heavy (non-hydrogen) atoms. The molecule has 0 unspecified atom stereocenters. The van der Waals surface area contributed by atoms with Gasteiger partial charge in [0, 0.05) is 24.7 Å². The van der Waals surface area contributed by atoms with Crippen LogP contribution in [-0.2, 0) is 10.2 Å². The van der Waals surface area contributed by atoms with E-state index in [1.54, 1.807) is 4.90 Å². The van der Waals surface area contributed by atoms with E-state index in [-0.39, 0.29) is 47.6 Å². The van der Waals surface area contributed by atoms with Crippen LogP contribution in [0, 0.1) is 5.92 Å². The van der Waals surface area contributed by atoms with Crippen LogP contribution >= 0.6 is 12.4 Å². The largest absolute Gasteiger partial charge is 0.390 e. The molecule has 7 heteroatoms. The fourth-order valence-electron chi connectivity index (χ4n) is 4.42. The highest BCUT2D eigenvalue weighted by atomic mass is 35.5. The lowest BCUT2D eigenvalue weighted by atomic mass is 9.86. The van der Waals surface area contributed by atoms with Gasteiger partial charge in [-0.1, -0.05) is 46.8 Å². The summed E-state index contributed by atoms with van der Waals surface area (Å²) >= 11 is 0. The molecule has 2 aliphatic rings. The molecule has 0 saturated carbocycles. The number of fused-ring (bicyclic) bond motifs is 1. The van der Waals surface area contributed by atoms with Gasteiger partial charge in [-0.3, -0.25) is 9.59 Å². The first-order valence-electron chi connectivity index (χ1n) is 10.7. The van der Waals surface area contributed by atoms with Gasteiger partial charge in [0.15, 0.2) is 0 Å². The number of β-amino-alcohol motifs (C(OH)–C–C–N with tert-alkyl or cyclic N) is 1. The topological polar surface area (TPSA) is 81.7 Å². The van der Waals surface area contributed by atoms with Gasteiger partial charge in [-0.15, -0.1) is 12.4 Å². The van der Waals surface area contributed by atoms with Crippen LogP contribution in [0.1, 0.15) is 63.4 Å². The third-order valence-electron chi connectivity index (χ3n) is 6.04. The molecule has 3 rings (SSSR count). The summed E-state index contributed by atoms with van der Waals surface area (Å²) in [4.78, 5) is 27.9. The van der Waals surface area contributed by atoms with E-state index < -0.39 is 12.1 Å². The molecule has 2 aliphatic heterocycles. The molecule has 2 amide bonds. The molecular weight excluding hydrogens is 402 g/mol. The fourth-order valence-corrected chi connectivity index (χ4v) is 4.42. The van der Waals surface area contributed by atoms with Crippen LogP contribution in [0.5, 0.6) is 0 Å². The van der Waals surface area contributed by atoms with Crippen molar-refractivity contribution >= 4 is 24.2 Å². The van der Waals surface area contributed by atoms with Gasteiger partial charge >= 0.3 is 0 Å². The van der Waals surface area contributed by atoms with Crippen LogP contribution in [0.2, 0.25) is 0 Å². The number of carbonyl (C=O) groups is 2. The van der Waals surface area contributed by atoms with Gasteiger partial charge in [-0.2, -0.15) is 0 Å².